The second-order valence-corrected chi connectivity index (χ2v) is 8.80. The third-order valence-corrected chi connectivity index (χ3v) is 5.72. The van der Waals surface area contributed by atoms with Gasteiger partial charge in [-0.2, -0.15) is 8.42 Å². The van der Waals surface area contributed by atoms with Gasteiger partial charge < -0.3 is 9.15 Å². The van der Waals surface area contributed by atoms with Crippen molar-refractivity contribution < 1.29 is 22.0 Å². The standard InChI is InChI=1S/C20H16FN3O5S2.K/c1-11-14-6-5-13(28-20-23-7-8-30-20)10-17(14)29-19(25)15(11)9-12-3-2-4-16(18(12)21)24-31(22,26)27;/h2-8,10,24H,9H2,1H3,(H2,22,26,27);. The van der Waals surface area contributed by atoms with Crippen LogP contribution in [0.3, 0.4) is 0 Å². The van der Waals surface area contributed by atoms with E-state index in [1.807, 2.05) is 4.72 Å². The molecule has 2 heterocycles. The quantitative estimate of drug-likeness (QED) is 0.309. The van der Waals surface area contributed by atoms with Gasteiger partial charge in [-0.05, 0) is 36.2 Å². The fourth-order valence-corrected chi connectivity index (χ4v) is 4.11. The molecule has 2 aromatic heterocycles. The second kappa shape index (κ2) is 10.1. The molecule has 2 aromatic carbocycles. The Labute approximate surface area is 229 Å². The van der Waals surface area contributed by atoms with Crippen LogP contribution < -0.4 is 20.2 Å². The van der Waals surface area contributed by atoms with Gasteiger partial charge in [-0.1, -0.05) is 23.5 Å². The summed E-state index contributed by atoms with van der Waals surface area (Å²) in [6.07, 6.45) is 1.53. The molecule has 0 saturated heterocycles. The molecule has 32 heavy (non-hydrogen) atoms. The van der Waals surface area contributed by atoms with Crippen LogP contribution in [0.5, 0.6) is 10.9 Å². The molecule has 12 heteroatoms. The maximum atomic E-state index is 14.8. The monoisotopic (exact) mass is 500 g/mol. The number of nitrogens with zero attached hydrogens (tertiary/aromatic N) is 1. The number of thiazole rings is 1. The molecule has 8 nitrogen and oxygen atoms in total. The summed E-state index contributed by atoms with van der Waals surface area (Å²) in [5.41, 5.74) is 0.397. The first-order chi connectivity index (χ1) is 14.7. The topological polar surface area (TPSA) is 125 Å². The minimum Gasteiger partial charge on any atom is -0.431 e. The summed E-state index contributed by atoms with van der Waals surface area (Å²) in [7, 11) is -4.14. The van der Waals surface area contributed by atoms with Gasteiger partial charge in [-0.3, -0.25) is 4.72 Å². The Hall–Kier alpha value is -1.64. The van der Waals surface area contributed by atoms with Gasteiger partial charge in [-0.25, -0.2) is 19.3 Å². The van der Waals surface area contributed by atoms with Crippen molar-refractivity contribution in [2.24, 2.45) is 5.14 Å². The van der Waals surface area contributed by atoms with Crippen LogP contribution in [0.15, 0.2) is 57.2 Å². The van der Waals surface area contributed by atoms with Crippen LogP contribution in [0.4, 0.5) is 10.1 Å². The number of benzene rings is 2. The maximum Gasteiger partial charge on any atom is 0.340 e. The summed E-state index contributed by atoms with van der Waals surface area (Å²) >= 11 is 1.33. The number of fused-ring (bicyclic) bond motifs is 1. The van der Waals surface area contributed by atoms with Crippen molar-refractivity contribution in [3.63, 3.8) is 0 Å². The SMILES string of the molecule is Cc1c(Cc2cccc(NS(N)(=O)=O)c2F)c(=O)oc2cc(Oc3nccs3)ccc12.[K]. The normalized spacial score (nSPS) is 11.2. The number of rotatable bonds is 6. The number of hydrogen-bond donors (Lipinski definition) is 2. The zero-order valence-electron chi connectivity index (χ0n) is 17.1. The first kappa shape index (κ1) is 25.0. The predicted octanol–water partition coefficient (Wildman–Crippen LogP) is 3.31. The molecule has 0 fully saturated rings. The minimum absolute atomic E-state index is 0. The summed E-state index contributed by atoms with van der Waals surface area (Å²) in [6, 6.07) is 9.21. The fraction of sp³-hybridized carbons (Fsp3) is 0.100. The number of nitrogens with two attached hydrogens (primary N) is 1. The maximum absolute atomic E-state index is 14.8. The van der Waals surface area contributed by atoms with Crippen molar-refractivity contribution in [2.75, 3.05) is 4.72 Å². The number of hydrogen-bond acceptors (Lipinski definition) is 7. The molecule has 3 N–H and O–H groups in total. The molecule has 0 aliphatic heterocycles. The van der Waals surface area contributed by atoms with Gasteiger partial charge >= 0.3 is 5.63 Å². The number of ether oxygens (including phenoxy) is 1. The Kier molecular flexibility index (Phi) is 7.88. The van der Waals surface area contributed by atoms with Crippen LogP contribution in [-0.2, 0) is 16.6 Å². The van der Waals surface area contributed by atoms with Gasteiger partial charge in [0.1, 0.15) is 11.3 Å². The summed E-state index contributed by atoms with van der Waals surface area (Å²) in [4.78, 5) is 16.7. The molecule has 0 bridgehead atoms. The summed E-state index contributed by atoms with van der Waals surface area (Å²) in [6.45, 7) is 1.74. The molecular formula is C20H16FKN3O5S2. The number of aryl methyl sites for hydroxylation is 1. The van der Waals surface area contributed by atoms with E-state index < -0.39 is 21.7 Å². The van der Waals surface area contributed by atoms with Crippen LogP contribution in [0.25, 0.3) is 11.0 Å². The third-order valence-electron chi connectivity index (χ3n) is 4.57. The summed E-state index contributed by atoms with van der Waals surface area (Å²) in [5.74, 6) is -0.354. The van der Waals surface area contributed by atoms with Crippen molar-refractivity contribution in [3.8, 4) is 10.9 Å². The number of nitrogens with one attached hydrogen (secondary N) is 1. The van der Waals surface area contributed by atoms with Crippen LogP contribution in [0, 0.1) is 12.7 Å². The van der Waals surface area contributed by atoms with E-state index in [1.165, 1.54) is 29.5 Å². The summed E-state index contributed by atoms with van der Waals surface area (Å²) < 4.78 is 50.2. The molecule has 4 rings (SSSR count). The molecule has 1 radical (unpaired) electrons. The van der Waals surface area contributed by atoms with E-state index in [-0.39, 0.29) is 74.6 Å². The van der Waals surface area contributed by atoms with E-state index in [9.17, 15) is 17.6 Å². The molecule has 0 aliphatic carbocycles. The van der Waals surface area contributed by atoms with Crippen LogP contribution in [0.1, 0.15) is 16.7 Å². The van der Waals surface area contributed by atoms with Gasteiger partial charge in [0.2, 0.25) is 0 Å². The van der Waals surface area contributed by atoms with E-state index in [4.69, 9.17) is 14.3 Å². The second-order valence-electron chi connectivity index (χ2n) is 6.65. The number of halogens is 1. The Morgan fingerprint density at radius 2 is 2.06 bits per heavy atom. The van der Waals surface area contributed by atoms with E-state index in [1.54, 1.807) is 36.7 Å². The fourth-order valence-electron chi connectivity index (χ4n) is 3.14. The molecule has 0 amide bonds. The smallest absolute Gasteiger partial charge is 0.340 e. The Morgan fingerprint density at radius 1 is 1.28 bits per heavy atom. The third kappa shape index (κ3) is 5.64. The van der Waals surface area contributed by atoms with Crippen molar-refractivity contribution >= 4 is 89.6 Å². The molecule has 0 saturated carbocycles. The van der Waals surface area contributed by atoms with Gasteiger partial charge in [0.05, 0.1) is 5.69 Å². The Bertz CT molecular complexity index is 1440. The largest absolute Gasteiger partial charge is 0.431 e. The van der Waals surface area contributed by atoms with E-state index in [0.717, 1.165) is 0 Å². The predicted molar refractivity (Wildman–Crippen MR) is 121 cm³/mol. The molecule has 4 aromatic rings. The van der Waals surface area contributed by atoms with E-state index in [2.05, 4.69) is 4.98 Å². The number of anilines is 1. The zero-order chi connectivity index (χ0) is 22.2. The first-order valence-electron chi connectivity index (χ1n) is 8.93. The van der Waals surface area contributed by atoms with Crippen molar-refractivity contribution in [2.45, 2.75) is 13.3 Å². The summed E-state index contributed by atoms with van der Waals surface area (Å²) in [5, 5.41) is 7.82. The van der Waals surface area contributed by atoms with E-state index >= 15 is 0 Å². The molecule has 161 valence electrons. The minimum atomic E-state index is -4.14. The molecule has 0 spiro atoms. The van der Waals surface area contributed by atoms with Crippen LogP contribution >= 0.6 is 11.3 Å². The van der Waals surface area contributed by atoms with Crippen molar-refractivity contribution in [3.05, 3.63) is 80.9 Å². The van der Waals surface area contributed by atoms with Gasteiger partial charge in [-0.15, -0.1) is 0 Å². The van der Waals surface area contributed by atoms with Gasteiger partial charge in [0.15, 0.2) is 5.82 Å². The molecular weight excluding hydrogens is 484 g/mol. The van der Waals surface area contributed by atoms with Gasteiger partial charge in [0.25, 0.3) is 15.4 Å². The van der Waals surface area contributed by atoms with Gasteiger partial charge in [0, 0.05) is 86.4 Å². The zero-order valence-corrected chi connectivity index (χ0v) is 21.8. The average molecular weight is 501 g/mol. The molecule has 0 aliphatic rings. The molecule has 0 unspecified atom stereocenters. The average Bonchev–Trinajstić information content (AvgIpc) is 3.19. The Morgan fingerprint density at radius 3 is 2.75 bits per heavy atom. The van der Waals surface area contributed by atoms with Crippen molar-refractivity contribution in [1.29, 1.82) is 0 Å². The van der Waals surface area contributed by atoms with Crippen molar-refractivity contribution in [1.82, 2.24) is 4.98 Å². The molecule has 0 atom stereocenters. The first-order valence-corrected chi connectivity index (χ1v) is 11.4. The number of aromatic nitrogens is 1. The van der Waals surface area contributed by atoms with Crippen LogP contribution in [0.2, 0.25) is 0 Å². The Balaban J connectivity index is 0.00000289. The van der Waals surface area contributed by atoms with E-state index in [0.29, 0.717) is 27.5 Å². The van der Waals surface area contributed by atoms with Crippen LogP contribution in [-0.4, -0.2) is 64.8 Å².